The van der Waals surface area contributed by atoms with Gasteiger partial charge in [-0.1, -0.05) is 13.8 Å². The first-order valence-electron chi connectivity index (χ1n) is 4.79. The quantitative estimate of drug-likeness (QED) is 0.876. The van der Waals surface area contributed by atoms with E-state index in [1.165, 1.54) is 14.9 Å². The number of aliphatic hydroxyl groups is 1. The molecule has 1 aliphatic rings. The van der Waals surface area contributed by atoms with E-state index < -0.39 is 0 Å². The van der Waals surface area contributed by atoms with Crippen LogP contribution >= 0.6 is 27.3 Å². The van der Waals surface area contributed by atoms with Gasteiger partial charge in [-0.25, -0.2) is 0 Å². The van der Waals surface area contributed by atoms with Crippen molar-refractivity contribution in [3.8, 4) is 0 Å². The molecule has 1 unspecified atom stereocenters. The van der Waals surface area contributed by atoms with Gasteiger partial charge in [0.2, 0.25) is 0 Å². The van der Waals surface area contributed by atoms with Crippen LogP contribution in [-0.4, -0.2) is 11.7 Å². The molecule has 0 aromatic carbocycles. The Morgan fingerprint density at radius 2 is 2.14 bits per heavy atom. The number of rotatable bonds is 2. The minimum Gasteiger partial charge on any atom is -0.395 e. The van der Waals surface area contributed by atoms with Crippen LogP contribution in [0.5, 0.6) is 0 Å². The lowest BCUT2D eigenvalue weighted by molar-refractivity contribution is 0.233. The third-order valence-corrected chi connectivity index (χ3v) is 6.10. The third kappa shape index (κ3) is 1.22. The molecule has 0 amide bonds. The summed E-state index contributed by atoms with van der Waals surface area (Å²) in [6.07, 6.45) is 1.09. The van der Waals surface area contributed by atoms with E-state index in [1.807, 2.05) is 0 Å². The predicted octanol–water partition coefficient (Wildman–Crippen LogP) is 3.48. The summed E-state index contributed by atoms with van der Waals surface area (Å²) < 4.78 is 1.20. The average Bonchev–Trinajstić information content (AvgIpc) is 2.53. The molecule has 1 N–H and O–H groups in total. The maximum Gasteiger partial charge on any atom is 0.0541 e. The van der Waals surface area contributed by atoms with Gasteiger partial charge < -0.3 is 5.11 Å². The summed E-state index contributed by atoms with van der Waals surface area (Å²) in [6, 6.07) is 0. The molecule has 1 aromatic rings. The van der Waals surface area contributed by atoms with Gasteiger partial charge in [0, 0.05) is 14.8 Å². The van der Waals surface area contributed by atoms with Gasteiger partial charge in [-0.15, -0.1) is 11.3 Å². The average molecular weight is 275 g/mol. The molecular weight excluding hydrogens is 260 g/mol. The summed E-state index contributed by atoms with van der Waals surface area (Å²) in [4.78, 5) is 1.32. The van der Waals surface area contributed by atoms with Crippen LogP contribution in [0.1, 0.15) is 30.7 Å². The summed E-state index contributed by atoms with van der Waals surface area (Å²) >= 11 is 5.38. The summed E-state index contributed by atoms with van der Waals surface area (Å²) in [5.74, 6) is 0. The van der Waals surface area contributed by atoms with Crippen molar-refractivity contribution in [2.75, 3.05) is 6.61 Å². The van der Waals surface area contributed by atoms with Crippen LogP contribution in [0.3, 0.4) is 0 Å². The number of aliphatic hydroxyl groups excluding tert-OH is 1. The van der Waals surface area contributed by atoms with E-state index in [1.54, 1.807) is 11.3 Å². The van der Waals surface area contributed by atoms with Gasteiger partial charge in [0.25, 0.3) is 0 Å². The highest BCUT2D eigenvalue weighted by atomic mass is 79.9. The Balaban J connectivity index is 2.45. The molecule has 1 heterocycles. The van der Waals surface area contributed by atoms with E-state index in [4.69, 9.17) is 0 Å². The molecule has 1 aromatic heterocycles. The van der Waals surface area contributed by atoms with Gasteiger partial charge in [0.15, 0.2) is 0 Å². The standard InChI is InChI=1S/C11H15BrOS/c1-7-4-14-9(8(7)12)11(6-13)5-10(11,2)3/h4,13H,5-6H2,1-3H3. The van der Waals surface area contributed by atoms with E-state index in [0.717, 1.165) is 6.42 Å². The first-order chi connectivity index (χ1) is 6.44. The normalized spacial score (nSPS) is 29.2. The second-order valence-corrected chi connectivity index (χ2v) is 6.54. The molecule has 2 rings (SSSR count). The zero-order valence-electron chi connectivity index (χ0n) is 8.72. The van der Waals surface area contributed by atoms with Crippen molar-refractivity contribution in [1.29, 1.82) is 0 Å². The van der Waals surface area contributed by atoms with Gasteiger partial charge in [-0.3, -0.25) is 0 Å². The monoisotopic (exact) mass is 274 g/mol. The molecule has 1 fully saturated rings. The smallest absolute Gasteiger partial charge is 0.0541 e. The van der Waals surface area contributed by atoms with Crippen LogP contribution in [0.25, 0.3) is 0 Å². The summed E-state index contributed by atoms with van der Waals surface area (Å²) in [6.45, 7) is 6.82. The zero-order chi connectivity index (χ0) is 10.6. The summed E-state index contributed by atoms with van der Waals surface area (Å²) in [5, 5.41) is 11.7. The van der Waals surface area contributed by atoms with Crippen molar-refractivity contribution in [1.82, 2.24) is 0 Å². The Morgan fingerprint density at radius 1 is 1.57 bits per heavy atom. The molecule has 1 atom stereocenters. The molecular formula is C11H15BrOS. The highest BCUT2D eigenvalue weighted by Gasteiger charge is 2.63. The minimum atomic E-state index is 0.0186. The fourth-order valence-electron chi connectivity index (χ4n) is 2.19. The maximum atomic E-state index is 9.57. The lowest BCUT2D eigenvalue weighted by atomic mass is 9.95. The zero-order valence-corrected chi connectivity index (χ0v) is 11.1. The lowest BCUT2D eigenvalue weighted by Crippen LogP contribution is -2.18. The molecule has 1 saturated carbocycles. The van der Waals surface area contributed by atoms with Crippen LogP contribution in [0.2, 0.25) is 0 Å². The van der Waals surface area contributed by atoms with Gasteiger partial charge in [-0.2, -0.15) is 0 Å². The van der Waals surface area contributed by atoms with Crippen LogP contribution in [0.15, 0.2) is 9.85 Å². The van der Waals surface area contributed by atoms with E-state index >= 15 is 0 Å². The largest absolute Gasteiger partial charge is 0.395 e. The fourth-order valence-corrected chi connectivity index (χ4v) is 4.43. The highest BCUT2D eigenvalue weighted by Crippen LogP contribution is 2.66. The lowest BCUT2D eigenvalue weighted by Gasteiger charge is -2.16. The van der Waals surface area contributed by atoms with Crippen molar-refractivity contribution in [3.05, 3.63) is 20.3 Å². The SMILES string of the molecule is Cc1csc(C2(CO)CC2(C)C)c1Br. The molecule has 0 bridgehead atoms. The molecule has 0 radical (unpaired) electrons. The molecule has 0 saturated heterocycles. The Labute approximate surface area is 97.3 Å². The van der Waals surface area contributed by atoms with E-state index in [2.05, 4.69) is 42.1 Å². The van der Waals surface area contributed by atoms with Crippen molar-refractivity contribution >= 4 is 27.3 Å². The van der Waals surface area contributed by atoms with Crippen molar-refractivity contribution in [2.24, 2.45) is 5.41 Å². The Bertz CT molecular complexity index is 369. The van der Waals surface area contributed by atoms with Gasteiger partial charge in [-0.05, 0) is 45.6 Å². The number of aryl methyl sites for hydroxylation is 1. The van der Waals surface area contributed by atoms with Crippen LogP contribution < -0.4 is 0 Å². The number of halogens is 1. The van der Waals surface area contributed by atoms with E-state index in [0.29, 0.717) is 0 Å². The third-order valence-electron chi connectivity index (χ3n) is 3.52. The minimum absolute atomic E-state index is 0.0186. The summed E-state index contributed by atoms with van der Waals surface area (Å²) in [5.41, 5.74) is 1.55. The number of hydrogen-bond acceptors (Lipinski definition) is 2. The van der Waals surface area contributed by atoms with Crippen molar-refractivity contribution in [3.63, 3.8) is 0 Å². The molecule has 0 spiro atoms. The maximum absolute atomic E-state index is 9.57. The summed E-state index contributed by atoms with van der Waals surface area (Å²) in [7, 11) is 0. The first kappa shape index (κ1) is 10.7. The second-order valence-electron chi connectivity index (χ2n) is 4.86. The van der Waals surface area contributed by atoms with E-state index in [9.17, 15) is 5.11 Å². The van der Waals surface area contributed by atoms with Crippen molar-refractivity contribution < 1.29 is 5.11 Å². The Kier molecular flexibility index (Phi) is 2.33. The molecule has 3 heteroatoms. The van der Waals surface area contributed by atoms with Gasteiger partial charge in [0.1, 0.15) is 0 Å². The predicted molar refractivity (Wildman–Crippen MR) is 63.9 cm³/mol. The molecule has 78 valence electrons. The molecule has 0 aliphatic heterocycles. The van der Waals surface area contributed by atoms with Crippen LogP contribution in [0, 0.1) is 12.3 Å². The van der Waals surface area contributed by atoms with Crippen LogP contribution in [0.4, 0.5) is 0 Å². The van der Waals surface area contributed by atoms with Crippen molar-refractivity contribution in [2.45, 2.75) is 32.6 Å². The van der Waals surface area contributed by atoms with Gasteiger partial charge in [0.05, 0.1) is 6.61 Å². The highest BCUT2D eigenvalue weighted by molar-refractivity contribution is 9.10. The molecule has 1 aliphatic carbocycles. The van der Waals surface area contributed by atoms with Gasteiger partial charge >= 0.3 is 0 Å². The number of thiophene rings is 1. The van der Waals surface area contributed by atoms with Crippen LogP contribution in [-0.2, 0) is 5.41 Å². The topological polar surface area (TPSA) is 20.2 Å². The molecule has 14 heavy (non-hydrogen) atoms. The number of hydrogen-bond donors (Lipinski definition) is 1. The first-order valence-corrected chi connectivity index (χ1v) is 6.47. The van der Waals surface area contributed by atoms with E-state index in [-0.39, 0.29) is 17.4 Å². The fraction of sp³-hybridized carbons (Fsp3) is 0.636. The molecule has 1 nitrogen and oxygen atoms in total. The Morgan fingerprint density at radius 3 is 2.43 bits per heavy atom. The second kappa shape index (κ2) is 3.06. The Hall–Kier alpha value is 0.140.